The van der Waals surface area contributed by atoms with E-state index in [0.717, 1.165) is 41.1 Å². The lowest BCUT2D eigenvalue weighted by Crippen LogP contribution is -2.27. The van der Waals surface area contributed by atoms with Gasteiger partial charge in [-0.15, -0.1) is 0 Å². The first-order valence-electron chi connectivity index (χ1n) is 9.45. The van der Waals surface area contributed by atoms with Crippen LogP contribution in [0.1, 0.15) is 51.9 Å². The summed E-state index contributed by atoms with van der Waals surface area (Å²) in [5, 5.41) is 4.05. The van der Waals surface area contributed by atoms with Gasteiger partial charge in [-0.1, -0.05) is 26.2 Å². The zero-order chi connectivity index (χ0) is 17.6. The van der Waals surface area contributed by atoms with Gasteiger partial charge in [0.15, 0.2) is 0 Å². The van der Waals surface area contributed by atoms with Crippen molar-refractivity contribution in [2.45, 2.75) is 51.9 Å². The summed E-state index contributed by atoms with van der Waals surface area (Å²) in [5.41, 5.74) is 1.60. The third kappa shape index (κ3) is 4.12. The molecule has 1 fully saturated rings. The smallest absolute Gasteiger partial charge is 0.227 e. The Morgan fingerprint density at radius 2 is 2.04 bits per heavy atom. The average molecular weight is 340 g/mol. The monoisotopic (exact) mass is 340 g/mol. The molecule has 1 aromatic carbocycles. The van der Waals surface area contributed by atoms with Gasteiger partial charge in [0.2, 0.25) is 5.91 Å². The second kappa shape index (κ2) is 8.32. The van der Waals surface area contributed by atoms with E-state index < -0.39 is 0 Å². The summed E-state index contributed by atoms with van der Waals surface area (Å²) in [7, 11) is 1.64. The lowest BCUT2D eigenvalue weighted by atomic mass is 9.79. The second-order valence-corrected chi connectivity index (χ2v) is 7.06. The molecule has 2 aromatic rings. The highest BCUT2D eigenvalue weighted by Gasteiger charge is 2.26. The van der Waals surface area contributed by atoms with Gasteiger partial charge in [0, 0.05) is 17.5 Å². The molecule has 3 rings (SSSR count). The number of aromatic nitrogens is 1. The summed E-state index contributed by atoms with van der Waals surface area (Å²) in [6.07, 6.45) is 10.0. The number of carbonyl (C=O) groups is 1. The van der Waals surface area contributed by atoms with Gasteiger partial charge in [0.25, 0.3) is 0 Å². The Labute approximate surface area is 150 Å². The number of amides is 1. The first-order chi connectivity index (χ1) is 12.2. The van der Waals surface area contributed by atoms with Crippen molar-refractivity contribution in [2.24, 2.45) is 11.8 Å². The second-order valence-electron chi connectivity index (χ2n) is 7.06. The maximum atomic E-state index is 12.7. The molecular weight excluding hydrogens is 312 g/mol. The quantitative estimate of drug-likeness (QED) is 0.788. The first kappa shape index (κ1) is 17.7. The van der Waals surface area contributed by atoms with E-state index in [1.807, 2.05) is 24.3 Å². The highest BCUT2D eigenvalue weighted by molar-refractivity contribution is 6.03. The molecule has 1 amide bonds. The third-order valence-electron chi connectivity index (χ3n) is 5.39. The number of carbonyl (C=O) groups excluding carboxylic acids is 1. The molecule has 0 spiro atoms. The Morgan fingerprint density at radius 1 is 1.24 bits per heavy atom. The van der Waals surface area contributed by atoms with Gasteiger partial charge in [-0.3, -0.25) is 9.78 Å². The Kier molecular flexibility index (Phi) is 5.90. The molecule has 0 bridgehead atoms. The number of hydrogen-bond acceptors (Lipinski definition) is 3. The van der Waals surface area contributed by atoms with Crippen molar-refractivity contribution in [3.8, 4) is 5.75 Å². The highest BCUT2D eigenvalue weighted by Crippen LogP contribution is 2.34. The van der Waals surface area contributed by atoms with Crippen LogP contribution in [0, 0.1) is 11.8 Å². The third-order valence-corrected chi connectivity index (χ3v) is 5.39. The molecule has 1 aromatic heterocycles. The average Bonchev–Trinajstić information content (AvgIpc) is 2.67. The zero-order valence-electron chi connectivity index (χ0n) is 15.3. The fourth-order valence-corrected chi connectivity index (χ4v) is 3.86. The first-order valence-corrected chi connectivity index (χ1v) is 9.45. The van der Waals surface area contributed by atoms with Gasteiger partial charge >= 0.3 is 0 Å². The van der Waals surface area contributed by atoms with Crippen LogP contribution >= 0.6 is 0 Å². The number of ether oxygens (including phenoxy) is 1. The van der Waals surface area contributed by atoms with E-state index in [1.54, 1.807) is 13.3 Å². The minimum atomic E-state index is 0.131. The van der Waals surface area contributed by atoms with Crippen molar-refractivity contribution in [3.05, 3.63) is 30.5 Å². The van der Waals surface area contributed by atoms with Gasteiger partial charge in [0.05, 0.1) is 12.8 Å². The van der Waals surface area contributed by atoms with Crippen molar-refractivity contribution in [1.29, 1.82) is 0 Å². The molecular formula is C21H28N2O2. The van der Waals surface area contributed by atoms with Crippen molar-refractivity contribution in [1.82, 2.24) is 4.98 Å². The van der Waals surface area contributed by atoms with E-state index >= 15 is 0 Å². The fraction of sp³-hybridized carbons (Fsp3) is 0.524. The fourth-order valence-electron chi connectivity index (χ4n) is 3.86. The Balaban J connectivity index is 1.67. The van der Waals surface area contributed by atoms with Gasteiger partial charge in [-0.2, -0.15) is 0 Å². The maximum Gasteiger partial charge on any atom is 0.227 e. The summed E-state index contributed by atoms with van der Waals surface area (Å²) in [4.78, 5) is 17.1. The molecule has 4 nitrogen and oxygen atoms in total. The number of nitrogens with one attached hydrogen (secondary N) is 1. The van der Waals surface area contributed by atoms with Crippen LogP contribution in [0.2, 0.25) is 0 Å². The number of fused-ring (bicyclic) bond motifs is 1. The molecule has 0 unspecified atom stereocenters. The minimum Gasteiger partial charge on any atom is -0.494 e. The van der Waals surface area contributed by atoms with E-state index in [1.165, 1.54) is 32.1 Å². The SMILES string of the molecule is CCCCC1CCC(C(=O)Nc2ccc(OC)c3ncccc23)CC1. The molecule has 1 saturated carbocycles. The standard InChI is InChI=1S/C21H28N2O2/c1-3-4-6-15-8-10-16(11-9-15)21(24)23-18-12-13-19(25-2)20-17(18)7-5-14-22-20/h5,7,12-16H,3-4,6,8-11H2,1-2H3,(H,23,24). The molecule has 4 heteroatoms. The minimum absolute atomic E-state index is 0.131. The Morgan fingerprint density at radius 3 is 2.76 bits per heavy atom. The number of benzene rings is 1. The largest absolute Gasteiger partial charge is 0.494 e. The number of rotatable bonds is 6. The summed E-state index contributed by atoms with van der Waals surface area (Å²) in [6.45, 7) is 2.24. The van der Waals surface area contributed by atoms with Crippen molar-refractivity contribution in [3.63, 3.8) is 0 Å². The van der Waals surface area contributed by atoms with E-state index in [2.05, 4.69) is 17.2 Å². The molecule has 0 aliphatic heterocycles. The van der Waals surface area contributed by atoms with Gasteiger partial charge < -0.3 is 10.1 Å². The molecule has 0 atom stereocenters. The van der Waals surface area contributed by atoms with E-state index in [9.17, 15) is 4.79 Å². The van der Waals surface area contributed by atoms with Crippen molar-refractivity contribution >= 4 is 22.5 Å². The molecule has 0 saturated heterocycles. The highest BCUT2D eigenvalue weighted by atomic mass is 16.5. The van der Waals surface area contributed by atoms with Gasteiger partial charge in [-0.05, 0) is 55.9 Å². The summed E-state index contributed by atoms with van der Waals surface area (Å²) in [5.74, 6) is 1.82. The van der Waals surface area contributed by atoms with Crippen LogP contribution in [0.5, 0.6) is 5.75 Å². The van der Waals surface area contributed by atoms with E-state index in [-0.39, 0.29) is 11.8 Å². The van der Waals surface area contributed by atoms with Crippen LogP contribution in [0.25, 0.3) is 10.9 Å². The number of anilines is 1. The van der Waals surface area contributed by atoms with Crippen molar-refractivity contribution < 1.29 is 9.53 Å². The molecule has 134 valence electrons. The predicted octanol–water partition coefficient (Wildman–Crippen LogP) is 5.18. The van der Waals surface area contributed by atoms with Crippen LogP contribution in [0.3, 0.4) is 0 Å². The topological polar surface area (TPSA) is 51.2 Å². The molecule has 1 N–H and O–H groups in total. The maximum absolute atomic E-state index is 12.7. The van der Waals surface area contributed by atoms with Crippen LogP contribution in [-0.2, 0) is 4.79 Å². The molecule has 25 heavy (non-hydrogen) atoms. The van der Waals surface area contributed by atoms with Crippen LogP contribution in [0.4, 0.5) is 5.69 Å². The molecule has 1 heterocycles. The lowest BCUT2D eigenvalue weighted by molar-refractivity contribution is -0.121. The summed E-state index contributed by atoms with van der Waals surface area (Å²) < 4.78 is 5.37. The Hall–Kier alpha value is -2.10. The van der Waals surface area contributed by atoms with E-state index in [4.69, 9.17) is 4.74 Å². The van der Waals surface area contributed by atoms with Crippen molar-refractivity contribution in [2.75, 3.05) is 12.4 Å². The number of unbranched alkanes of at least 4 members (excludes halogenated alkanes) is 1. The van der Waals surface area contributed by atoms with Crippen LogP contribution in [-0.4, -0.2) is 18.0 Å². The number of methoxy groups -OCH3 is 1. The summed E-state index contributed by atoms with van der Waals surface area (Å²) >= 11 is 0. The number of nitrogens with zero attached hydrogens (tertiary/aromatic N) is 1. The Bertz CT molecular complexity index is 721. The van der Waals surface area contributed by atoms with Gasteiger partial charge in [-0.25, -0.2) is 0 Å². The molecule has 1 aliphatic rings. The number of hydrogen-bond donors (Lipinski definition) is 1. The molecule has 0 radical (unpaired) electrons. The van der Waals surface area contributed by atoms with Crippen LogP contribution < -0.4 is 10.1 Å². The van der Waals surface area contributed by atoms with E-state index in [0.29, 0.717) is 0 Å². The zero-order valence-corrected chi connectivity index (χ0v) is 15.3. The molecule has 1 aliphatic carbocycles. The van der Waals surface area contributed by atoms with Gasteiger partial charge in [0.1, 0.15) is 11.3 Å². The predicted molar refractivity (Wildman–Crippen MR) is 102 cm³/mol. The number of pyridine rings is 1. The lowest BCUT2D eigenvalue weighted by Gasteiger charge is -2.27. The van der Waals surface area contributed by atoms with Crippen LogP contribution in [0.15, 0.2) is 30.5 Å². The summed E-state index contributed by atoms with van der Waals surface area (Å²) in [6, 6.07) is 7.64. The normalized spacial score (nSPS) is 20.4.